The molecule has 0 aliphatic rings. The van der Waals surface area contributed by atoms with Gasteiger partial charge in [0.2, 0.25) is 0 Å². The summed E-state index contributed by atoms with van der Waals surface area (Å²) in [5.74, 6) is 3.10. The molecular weight excluding hydrogens is 342 g/mol. The molecule has 1 heterocycles. The summed E-state index contributed by atoms with van der Waals surface area (Å²) in [4.78, 5) is 26.0. The van der Waals surface area contributed by atoms with Gasteiger partial charge in [0.25, 0.3) is 0 Å². The van der Waals surface area contributed by atoms with Crippen LogP contribution in [0.5, 0.6) is 0 Å². The average Bonchev–Trinajstić information content (AvgIpc) is 2.64. The number of aliphatic carboxylic acids is 2. The maximum Gasteiger partial charge on any atom is 0.343 e. The molecule has 5 nitrogen and oxygen atoms in total. The largest absolute Gasteiger partial charge is 0.477 e. The van der Waals surface area contributed by atoms with Crippen LogP contribution >= 0.6 is 0 Å². The van der Waals surface area contributed by atoms with E-state index < -0.39 is 17.5 Å². The minimum absolute atomic E-state index is 0.448. The number of aromatic nitrogens is 1. The van der Waals surface area contributed by atoms with Crippen LogP contribution in [0.15, 0.2) is 24.0 Å². The SMILES string of the molecule is CCCCCCCCCCCC#Cc1cnccc1C=C(C(=O)O)C(=O)O. The van der Waals surface area contributed by atoms with Gasteiger partial charge >= 0.3 is 11.9 Å². The number of hydrogen-bond acceptors (Lipinski definition) is 3. The lowest BCUT2D eigenvalue weighted by molar-refractivity contribution is -0.140. The van der Waals surface area contributed by atoms with Gasteiger partial charge in [-0.05, 0) is 24.1 Å². The van der Waals surface area contributed by atoms with Gasteiger partial charge in [-0.25, -0.2) is 9.59 Å². The van der Waals surface area contributed by atoms with E-state index in [1.165, 1.54) is 57.3 Å². The van der Waals surface area contributed by atoms with Crippen molar-refractivity contribution < 1.29 is 19.8 Å². The van der Waals surface area contributed by atoms with Gasteiger partial charge in [-0.15, -0.1) is 0 Å². The molecule has 0 unspecified atom stereocenters. The predicted molar refractivity (Wildman–Crippen MR) is 106 cm³/mol. The normalized spacial score (nSPS) is 9.96. The third-order valence-corrected chi connectivity index (χ3v) is 4.24. The number of nitrogens with zero attached hydrogens (tertiary/aromatic N) is 1. The van der Waals surface area contributed by atoms with Crippen LogP contribution in [-0.2, 0) is 9.59 Å². The van der Waals surface area contributed by atoms with Crippen LogP contribution in [0.4, 0.5) is 0 Å². The van der Waals surface area contributed by atoms with Crippen molar-refractivity contribution in [1.29, 1.82) is 0 Å². The van der Waals surface area contributed by atoms with Crippen molar-refractivity contribution in [3.05, 3.63) is 35.2 Å². The Morgan fingerprint density at radius 3 is 2.19 bits per heavy atom. The van der Waals surface area contributed by atoms with E-state index in [0.29, 0.717) is 11.1 Å². The molecule has 0 saturated heterocycles. The van der Waals surface area contributed by atoms with E-state index in [2.05, 4.69) is 23.7 Å². The lowest BCUT2D eigenvalue weighted by Crippen LogP contribution is -2.11. The van der Waals surface area contributed by atoms with Gasteiger partial charge in [0.15, 0.2) is 0 Å². The first kappa shape index (κ1) is 22.4. The number of unbranched alkanes of at least 4 members (excludes halogenated alkanes) is 9. The second-order valence-corrected chi connectivity index (χ2v) is 6.51. The first-order valence-corrected chi connectivity index (χ1v) is 9.67. The lowest BCUT2D eigenvalue weighted by atomic mass is 10.1. The third-order valence-electron chi connectivity index (χ3n) is 4.24. The van der Waals surface area contributed by atoms with Crippen LogP contribution in [0, 0.1) is 11.8 Å². The first-order chi connectivity index (χ1) is 13.1. The minimum atomic E-state index is -1.48. The Bertz CT molecular complexity index is 682. The molecule has 0 saturated carbocycles. The summed E-state index contributed by atoms with van der Waals surface area (Å²) in [6, 6.07) is 1.56. The second kappa shape index (κ2) is 13.6. The summed E-state index contributed by atoms with van der Waals surface area (Å²) in [6.07, 6.45) is 16.2. The standard InChI is InChI=1S/C22H29NO4/c1-2-3-4-5-6-7-8-9-10-11-12-13-19-17-23-15-14-18(19)16-20(21(24)25)22(26)27/h14-17H,2-11H2,1H3,(H,24,25)(H,26,27). The van der Waals surface area contributed by atoms with Crippen LogP contribution < -0.4 is 0 Å². The number of pyridine rings is 1. The van der Waals surface area contributed by atoms with E-state index >= 15 is 0 Å². The van der Waals surface area contributed by atoms with Crippen LogP contribution in [0.1, 0.15) is 82.3 Å². The molecule has 0 fully saturated rings. The van der Waals surface area contributed by atoms with E-state index in [1.54, 1.807) is 6.07 Å². The molecule has 27 heavy (non-hydrogen) atoms. The zero-order valence-electron chi connectivity index (χ0n) is 16.0. The number of carboxylic acids is 2. The first-order valence-electron chi connectivity index (χ1n) is 9.67. The minimum Gasteiger partial charge on any atom is -0.477 e. The molecule has 2 N–H and O–H groups in total. The molecule has 0 aromatic carbocycles. The van der Waals surface area contributed by atoms with Gasteiger partial charge in [-0.1, -0.05) is 70.1 Å². The van der Waals surface area contributed by atoms with Crippen LogP contribution in [-0.4, -0.2) is 27.1 Å². The predicted octanol–water partition coefficient (Wildman–Crippen LogP) is 4.91. The highest BCUT2D eigenvalue weighted by Gasteiger charge is 2.16. The topological polar surface area (TPSA) is 87.5 Å². The molecule has 0 spiro atoms. The van der Waals surface area contributed by atoms with Crippen molar-refractivity contribution in [1.82, 2.24) is 4.98 Å². The summed E-state index contributed by atoms with van der Waals surface area (Å²) < 4.78 is 0. The zero-order valence-corrected chi connectivity index (χ0v) is 16.0. The smallest absolute Gasteiger partial charge is 0.343 e. The van der Waals surface area contributed by atoms with Gasteiger partial charge in [0, 0.05) is 18.8 Å². The number of carboxylic acid groups (broad SMARTS) is 2. The molecule has 0 atom stereocenters. The fraction of sp³-hybridized carbons (Fsp3) is 0.500. The Balaban J connectivity index is 2.47. The Morgan fingerprint density at radius 1 is 1.00 bits per heavy atom. The summed E-state index contributed by atoms with van der Waals surface area (Å²) in [5, 5.41) is 17.9. The highest BCUT2D eigenvalue weighted by atomic mass is 16.4. The quantitative estimate of drug-likeness (QED) is 0.179. The summed E-state index contributed by atoms with van der Waals surface area (Å²) >= 11 is 0. The molecule has 1 aromatic heterocycles. The van der Waals surface area contributed by atoms with E-state index in [-0.39, 0.29) is 0 Å². The van der Waals surface area contributed by atoms with E-state index in [1.807, 2.05) is 0 Å². The molecule has 0 aliphatic heterocycles. The fourth-order valence-electron chi connectivity index (χ4n) is 2.69. The van der Waals surface area contributed by atoms with Crippen molar-refractivity contribution in [2.75, 3.05) is 0 Å². The van der Waals surface area contributed by atoms with Crippen molar-refractivity contribution in [2.45, 2.75) is 71.1 Å². The number of hydrogen-bond donors (Lipinski definition) is 2. The number of carbonyl (C=O) groups is 2. The fourth-order valence-corrected chi connectivity index (χ4v) is 2.69. The number of rotatable bonds is 12. The summed E-state index contributed by atoms with van der Waals surface area (Å²) in [5.41, 5.74) is 0.293. The molecule has 1 rings (SSSR count). The molecule has 0 bridgehead atoms. The molecule has 5 heteroatoms. The molecule has 0 radical (unpaired) electrons. The highest BCUT2D eigenvalue weighted by Crippen LogP contribution is 2.13. The van der Waals surface area contributed by atoms with E-state index in [9.17, 15) is 9.59 Å². The Morgan fingerprint density at radius 2 is 1.59 bits per heavy atom. The Hall–Kier alpha value is -2.61. The second-order valence-electron chi connectivity index (χ2n) is 6.51. The van der Waals surface area contributed by atoms with Gasteiger partial charge in [-0.2, -0.15) is 0 Å². The van der Waals surface area contributed by atoms with Crippen LogP contribution in [0.2, 0.25) is 0 Å². The molecule has 146 valence electrons. The molecule has 0 amide bonds. The van der Waals surface area contributed by atoms with Gasteiger partial charge in [-0.3, -0.25) is 4.98 Å². The summed E-state index contributed by atoms with van der Waals surface area (Å²) in [7, 11) is 0. The maximum atomic E-state index is 11.0. The average molecular weight is 371 g/mol. The van der Waals surface area contributed by atoms with Crippen molar-refractivity contribution >= 4 is 18.0 Å². The summed E-state index contributed by atoms with van der Waals surface area (Å²) in [6.45, 7) is 2.23. The van der Waals surface area contributed by atoms with Gasteiger partial charge < -0.3 is 10.2 Å². The van der Waals surface area contributed by atoms with Crippen molar-refractivity contribution in [3.8, 4) is 11.8 Å². The van der Waals surface area contributed by atoms with Gasteiger partial charge in [0.05, 0.1) is 5.56 Å². The van der Waals surface area contributed by atoms with E-state index in [0.717, 1.165) is 25.3 Å². The monoisotopic (exact) mass is 371 g/mol. The van der Waals surface area contributed by atoms with Crippen LogP contribution in [0.25, 0.3) is 6.08 Å². The van der Waals surface area contributed by atoms with Crippen LogP contribution in [0.3, 0.4) is 0 Å². The molecule has 0 aliphatic carbocycles. The maximum absolute atomic E-state index is 11.0. The van der Waals surface area contributed by atoms with Crippen molar-refractivity contribution in [3.63, 3.8) is 0 Å². The van der Waals surface area contributed by atoms with Crippen molar-refractivity contribution in [2.24, 2.45) is 0 Å². The lowest BCUT2D eigenvalue weighted by Gasteiger charge is -2.01. The highest BCUT2D eigenvalue weighted by molar-refractivity contribution is 6.16. The Labute approximate surface area is 161 Å². The zero-order chi connectivity index (χ0) is 19.9. The van der Waals surface area contributed by atoms with E-state index in [4.69, 9.17) is 10.2 Å². The Kier molecular flexibility index (Phi) is 11.3. The third kappa shape index (κ3) is 9.60. The molecular formula is C22H29NO4. The van der Waals surface area contributed by atoms with Gasteiger partial charge in [0.1, 0.15) is 5.57 Å². The molecule has 1 aromatic rings.